The molecule has 0 radical (unpaired) electrons. The minimum Gasteiger partial charge on any atom is -0.494 e. The predicted molar refractivity (Wildman–Crippen MR) is 151 cm³/mol. The maximum absolute atomic E-state index is 13.7. The van der Waals surface area contributed by atoms with Crippen molar-refractivity contribution < 1.29 is 22.3 Å². The van der Waals surface area contributed by atoms with Crippen molar-refractivity contribution in [2.75, 3.05) is 25.2 Å². The highest BCUT2D eigenvalue weighted by molar-refractivity contribution is 7.89. The van der Waals surface area contributed by atoms with Gasteiger partial charge in [-0.25, -0.2) is 22.8 Å². The van der Waals surface area contributed by atoms with Gasteiger partial charge < -0.3 is 20.7 Å². The largest absolute Gasteiger partial charge is 0.494 e. The van der Waals surface area contributed by atoms with Crippen LogP contribution in [0.3, 0.4) is 0 Å². The number of nitrogens with one attached hydrogen (secondary N) is 1. The number of fused-ring (bicyclic) bond motifs is 1. The standard InChI is InChI=1S/C27H34FN7O4S/c1-5-6-18(12-25(29)33-40(4,37)38)26(36)35-10-9-21(11-17(35)2)34-15-19-14-30-27(32-23(19)16-34)31-20-7-8-22(28)24(13-20)39-3/h5-8,12-14,17,21H,9-11,15-16H2,1-4H3,(H2,29,33)(H,30,31,32)/b6-5-,18-12+/t17-,21-/m1/s1. The molecule has 1 saturated heterocycles. The van der Waals surface area contributed by atoms with Gasteiger partial charge in [-0.15, -0.1) is 4.40 Å². The van der Waals surface area contributed by atoms with Crippen LogP contribution in [-0.2, 0) is 27.9 Å². The van der Waals surface area contributed by atoms with Crippen LogP contribution in [-0.4, -0.2) is 71.9 Å². The smallest absolute Gasteiger partial charge is 0.254 e. The van der Waals surface area contributed by atoms with Gasteiger partial charge in [0.2, 0.25) is 5.95 Å². The fraction of sp³-hybridized carbons (Fsp3) is 0.407. The Morgan fingerprint density at radius 2 is 2.10 bits per heavy atom. The first kappa shape index (κ1) is 29.2. The number of nitrogens with zero attached hydrogens (tertiary/aromatic N) is 5. The summed E-state index contributed by atoms with van der Waals surface area (Å²) in [5.41, 5.74) is 8.63. The summed E-state index contributed by atoms with van der Waals surface area (Å²) < 4.78 is 45.1. The highest BCUT2D eigenvalue weighted by Crippen LogP contribution is 2.31. The maximum Gasteiger partial charge on any atom is 0.254 e. The molecule has 11 nitrogen and oxygen atoms in total. The van der Waals surface area contributed by atoms with Gasteiger partial charge in [0.25, 0.3) is 15.9 Å². The summed E-state index contributed by atoms with van der Waals surface area (Å²) in [4.78, 5) is 26.6. The second-order valence-electron chi connectivity index (χ2n) is 9.92. The Labute approximate surface area is 233 Å². The lowest BCUT2D eigenvalue weighted by Crippen LogP contribution is -2.50. The van der Waals surface area contributed by atoms with Gasteiger partial charge in [-0.05, 0) is 44.9 Å². The number of amides is 1. The van der Waals surface area contributed by atoms with Gasteiger partial charge in [0.05, 0.1) is 19.1 Å². The maximum atomic E-state index is 13.7. The number of amidine groups is 1. The van der Waals surface area contributed by atoms with Crippen LogP contribution in [0.15, 0.2) is 52.6 Å². The zero-order valence-corrected chi connectivity index (χ0v) is 23.8. The van der Waals surface area contributed by atoms with Crippen LogP contribution in [0.4, 0.5) is 16.0 Å². The van der Waals surface area contributed by atoms with Gasteiger partial charge >= 0.3 is 0 Å². The van der Waals surface area contributed by atoms with E-state index in [-0.39, 0.29) is 35.1 Å². The van der Waals surface area contributed by atoms with Gasteiger partial charge in [0, 0.05) is 60.8 Å². The SMILES string of the molecule is C/C=C\C(=C/C(N)=NS(C)(=O)=O)C(=O)N1CC[C@@H](N2Cc3cnc(Nc4ccc(F)c(OC)c4)nc3C2)C[C@H]1C. The van der Waals surface area contributed by atoms with E-state index in [9.17, 15) is 17.6 Å². The quantitative estimate of drug-likeness (QED) is 0.212. The Morgan fingerprint density at radius 1 is 1.32 bits per heavy atom. The summed E-state index contributed by atoms with van der Waals surface area (Å²) >= 11 is 0. The van der Waals surface area contributed by atoms with E-state index in [1.54, 1.807) is 36.1 Å². The zero-order chi connectivity index (χ0) is 29.0. The number of carbonyl (C=O) groups excluding carboxylic acids is 1. The number of aromatic nitrogens is 2. The van der Waals surface area contributed by atoms with Crippen LogP contribution in [0.5, 0.6) is 5.75 Å². The van der Waals surface area contributed by atoms with E-state index in [1.165, 1.54) is 19.3 Å². The normalized spacial score (nSPS) is 20.6. The van der Waals surface area contributed by atoms with Crippen molar-refractivity contribution in [3.05, 3.63) is 65.3 Å². The van der Waals surface area contributed by atoms with E-state index < -0.39 is 15.8 Å². The number of allylic oxidation sites excluding steroid dienone is 1. The van der Waals surface area contributed by atoms with Crippen LogP contribution in [0.2, 0.25) is 0 Å². The Kier molecular flexibility index (Phi) is 8.84. The minimum absolute atomic E-state index is 0.0477. The number of hydrogen-bond donors (Lipinski definition) is 2. The van der Waals surface area contributed by atoms with Gasteiger partial charge in [-0.1, -0.05) is 12.2 Å². The molecule has 1 fully saturated rings. The number of hydrogen-bond acceptors (Lipinski definition) is 8. The first-order valence-corrected chi connectivity index (χ1v) is 14.7. The highest BCUT2D eigenvalue weighted by atomic mass is 32.2. The molecular formula is C27H34FN7O4S. The van der Waals surface area contributed by atoms with Crippen LogP contribution >= 0.6 is 0 Å². The summed E-state index contributed by atoms with van der Waals surface area (Å²) in [5, 5.41) is 3.11. The van der Waals surface area contributed by atoms with E-state index in [0.717, 1.165) is 30.4 Å². The lowest BCUT2D eigenvalue weighted by atomic mass is 9.96. The predicted octanol–water partition coefficient (Wildman–Crippen LogP) is 2.88. The molecule has 4 rings (SSSR count). The molecule has 2 aliphatic heterocycles. The molecule has 214 valence electrons. The molecule has 0 aliphatic carbocycles. The lowest BCUT2D eigenvalue weighted by molar-refractivity contribution is -0.131. The molecule has 0 bridgehead atoms. The van der Waals surface area contributed by atoms with Crippen molar-refractivity contribution in [1.82, 2.24) is 19.8 Å². The molecule has 2 aromatic rings. The fourth-order valence-electron chi connectivity index (χ4n) is 5.05. The molecule has 1 amide bonds. The zero-order valence-electron chi connectivity index (χ0n) is 23.0. The minimum atomic E-state index is -3.68. The summed E-state index contributed by atoms with van der Waals surface area (Å²) in [5.74, 6) is -0.353. The molecule has 1 aromatic carbocycles. The second kappa shape index (κ2) is 12.1. The first-order chi connectivity index (χ1) is 19.0. The third-order valence-corrected chi connectivity index (χ3v) is 7.42. The third-order valence-electron chi connectivity index (χ3n) is 6.88. The van der Waals surface area contributed by atoms with Gasteiger partial charge in [-0.3, -0.25) is 9.69 Å². The van der Waals surface area contributed by atoms with Crippen molar-refractivity contribution in [2.45, 2.75) is 51.9 Å². The molecule has 3 heterocycles. The number of benzene rings is 1. The van der Waals surface area contributed by atoms with Gasteiger partial charge in [-0.2, -0.15) is 0 Å². The van der Waals surface area contributed by atoms with Crippen molar-refractivity contribution in [2.24, 2.45) is 10.1 Å². The Morgan fingerprint density at radius 3 is 2.77 bits per heavy atom. The summed E-state index contributed by atoms with van der Waals surface area (Å²) in [6, 6.07) is 4.68. The number of likely N-dealkylation sites (tertiary alicyclic amines) is 1. The molecule has 2 atom stereocenters. The molecule has 3 N–H and O–H groups in total. The molecule has 1 aromatic heterocycles. The van der Waals surface area contributed by atoms with Crippen LogP contribution in [0.1, 0.15) is 37.9 Å². The topological polar surface area (TPSA) is 143 Å². The number of nitrogens with two attached hydrogens (primary N) is 1. The molecule has 40 heavy (non-hydrogen) atoms. The molecular weight excluding hydrogens is 537 g/mol. The molecule has 0 saturated carbocycles. The first-order valence-electron chi connectivity index (χ1n) is 12.9. The Balaban J connectivity index is 1.40. The van der Waals surface area contributed by atoms with Crippen molar-refractivity contribution in [3.63, 3.8) is 0 Å². The van der Waals surface area contributed by atoms with Crippen molar-refractivity contribution in [1.29, 1.82) is 0 Å². The van der Waals surface area contributed by atoms with Crippen LogP contribution in [0.25, 0.3) is 0 Å². The van der Waals surface area contributed by atoms with Gasteiger partial charge in [0.15, 0.2) is 11.6 Å². The van der Waals surface area contributed by atoms with Crippen LogP contribution < -0.4 is 15.8 Å². The number of piperidine rings is 1. The Bertz CT molecular complexity index is 1480. The Hall–Kier alpha value is -3.84. The van der Waals surface area contributed by atoms with Crippen molar-refractivity contribution >= 4 is 33.4 Å². The molecule has 13 heteroatoms. The number of methoxy groups -OCH3 is 1. The number of anilines is 2. The number of ether oxygens (including phenoxy) is 1. The number of rotatable bonds is 8. The average Bonchev–Trinajstić information content (AvgIpc) is 3.31. The van der Waals surface area contributed by atoms with Crippen LogP contribution in [0, 0.1) is 5.82 Å². The lowest BCUT2D eigenvalue weighted by Gasteiger charge is -2.41. The number of carbonyl (C=O) groups is 1. The second-order valence-corrected chi connectivity index (χ2v) is 11.6. The van der Waals surface area contributed by atoms with Crippen molar-refractivity contribution in [3.8, 4) is 5.75 Å². The summed E-state index contributed by atoms with van der Waals surface area (Å²) in [7, 11) is -2.26. The monoisotopic (exact) mass is 571 g/mol. The molecule has 2 aliphatic rings. The summed E-state index contributed by atoms with van der Waals surface area (Å²) in [6.07, 6.45) is 8.90. The van der Waals surface area contributed by atoms with E-state index in [0.29, 0.717) is 31.3 Å². The molecule has 0 spiro atoms. The average molecular weight is 572 g/mol. The highest BCUT2D eigenvalue weighted by Gasteiger charge is 2.35. The van der Waals surface area contributed by atoms with E-state index in [2.05, 4.69) is 24.6 Å². The third kappa shape index (κ3) is 7.02. The fourth-order valence-corrected chi connectivity index (χ4v) is 5.48. The van der Waals surface area contributed by atoms with Gasteiger partial charge in [0.1, 0.15) is 5.84 Å². The van der Waals surface area contributed by atoms with E-state index in [4.69, 9.17) is 10.5 Å². The van der Waals surface area contributed by atoms with E-state index >= 15 is 0 Å². The van der Waals surface area contributed by atoms with E-state index in [1.807, 2.05) is 13.1 Å². The number of halogens is 1. The molecule has 0 unspecified atom stereocenters. The summed E-state index contributed by atoms with van der Waals surface area (Å²) in [6.45, 7) is 5.69. The number of sulfonamides is 1.